The molecule has 0 heterocycles. The molecule has 3 aromatic rings. The van der Waals surface area contributed by atoms with Gasteiger partial charge in [0.1, 0.15) is 12.6 Å². The molecular formula is C32H37Cl2N3O4S. The van der Waals surface area contributed by atoms with Gasteiger partial charge in [0.25, 0.3) is 0 Å². The van der Waals surface area contributed by atoms with E-state index in [0.717, 1.165) is 48.2 Å². The first-order valence-corrected chi connectivity index (χ1v) is 16.7. The molecule has 1 N–H and O–H groups in total. The Hall–Kier alpha value is -3.07. The van der Waals surface area contributed by atoms with Gasteiger partial charge in [0, 0.05) is 29.1 Å². The first-order valence-electron chi connectivity index (χ1n) is 14.1. The summed E-state index contributed by atoms with van der Waals surface area (Å²) in [5, 5.41) is 4.03. The molecule has 1 aliphatic carbocycles. The maximum absolute atomic E-state index is 14.3. The number of halogens is 2. The number of carbonyl (C=O) groups is 2. The minimum absolute atomic E-state index is 0.0280. The summed E-state index contributed by atoms with van der Waals surface area (Å²) in [6.07, 6.45) is 6.30. The highest BCUT2D eigenvalue weighted by molar-refractivity contribution is 7.92. The van der Waals surface area contributed by atoms with Crippen LogP contribution in [0.15, 0.2) is 72.8 Å². The molecule has 42 heavy (non-hydrogen) atoms. The predicted molar refractivity (Wildman–Crippen MR) is 169 cm³/mol. The summed E-state index contributed by atoms with van der Waals surface area (Å²) in [7, 11) is -3.89. The van der Waals surface area contributed by atoms with E-state index in [1.54, 1.807) is 43.3 Å². The zero-order chi connectivity index (χ0) is 30.3. The highest BCUT2D eigenvalue weighted by Gasteiger charge is 2.34. The van der Waals surface area contributed by atoms with Crippen LogP contribution >= 0.6 is 23.2 Å². The monoisotopic (exact) mass is 629 g/mol. The molecule has 0 unspecified atom stereocenters. The molecule has 10 heteroatoms. The number of carbonyl (C=O) groups excluding carboxylic acids is 2. The molecule has 1 saturated carbocycles. The van der Waals surface area contributed by atoms with Gasteiger partial charge in [-0.15, -0.1) is 0 Å². The van der Waals surface area contributed by atoms with E-state index in [4.69, 9.17) is 23.2 Å². The molecule has 0 radical (unpaired) electrons. The second kappa shape index (κ2) is 14.4. The van der Waals surface area contributed by atoms with Gasteiger partial charge in [-0.2, -0.15) is 0 Å². The quantitative estimate of drug-likeness (QED) is 0.275. The first-order chi connectivity index (χ1) is 20.0. The van der Waals surface area contributed by atoms with E-state index in [9.17, 15) is 18.0 Å². The van der Waals surface area contributed by atoms with Crippen molar-refractivity contribution in [3.8, 4) is 0 Å². The van der Waals surface area contributed by atoms with Crippen LogP contribution in [-0.4, -0.2) is 50.0 Å². The Morgan fingerprint density at radius 2 is 1.55 bits per heavy atom. The molecule has 0 bridgehead atoms. The second-order valence-electron chi connectivity index (χ2n) is 10.8. The third-order valence-corrected chi connectivity index (χ3v) is 9.61. The number of nitrogens with one attached hydrogen (secondary N) is 1. The van der Waals surface area contributed by atoms with Crippen molar-refractivity contribution >= 4 is 50.7 Å². The first kappa shape index (κ1) is 31.9. The Kier molecular flexibility index (Phi) is 10.9. The molecule has 4 rings (SSSR count). The Morgan fingerprint density at radius 3 is 2.21 bits per heavy atom. The lowest BCUT2D eigenvalue weighted by Gasteiger charge is -2.35. The van der Waals surface area contributed by atoms with Crippen molar-refractivity contribution in [3.05, 3.63) is 99.5 Å². The molecule has 1 fully saturated rings. The van der Waals surface area contributed by atoms with Crippen LogP contribution in [0.4, 0.5) is 5.69 Å². The molecule has 7 nitrogen and oxygen atoms in total. The molecule has 0 spiro atoms. The number of sulfonamides is 1. The summed E-state index contributed by atoms with van der Waals surface area (Å²) in [6, 6.07) is 20.7. The summed E-state index contributed by atoms with van der Waals surface area (Å²) in [6.45, 7) is 1.23. The normalized spacial score (nSPS) is 14.7. The predicted octanol–water partition coefficient (Wildman–Crippen LogP) is 6.16. The Morgan fingerprint density at radius 1 is 0.905 bits per heavy atom. The molecule has 0 saturated heterocycles. The van der Waals surface area contributed by atoms with Gasteiger partial charge in [-0.25, -0.2) is 8.42 Å². The van der Waals surface area contributed by atoms with Gasteiger partial charge in [-0.3, -0.25) is 13.9 Å². The van der Waals surface area contributed by atoms with E-state index in [1.165, 1.54) is 4.90 Å². The van der Waals surface area contributed by atoms with Crippen LogP contribution < -0.4 is 9.62 Å². The maximum Gasteiger partial charge on any atom is 0.244 e. The van der Waals surface area contributed by atoms with Gasteiger partial charge in [0.2, 0.25) is 21.8 Å². The van der Waals surface area contributed by atoms with Crippen molar-refractivity contribution in [2.45, 2.75) is 64.1 Å². The number of hydrogen-bond acceptors (Lipinski definition) is 4. The smallest absolute Gasteiger partial charge is 0.244 e. The standard InChI is InChI=1S/C32H37Cl2N3O4S/c1-23-27(33)18-11-19-29(23)37(42(2,40)41)22-31(38)36(21-25-14-9-10-17-28(25)34)30(20-24-12-5-3-6-13-24)32(39)35-26-15-7-4-8-16-26/h3,5-6,9-14,17-19,26,30H,4,7-8,15-16,20-22H2,1-2H3,(H,35,39)/t30-/m0/s1. The highest BCUT2D eigenvalue weighted by atomic mass is 35.5. The van der Waals surface area contributed by atoms with E-state index in [0.29, 0.717) is 26.9 Å². The highest BCUT2D eigenvalue weighted by Crippen LogP contribution is 2.29. The number of amides is 2. The van der Waals surface area contributed by atoms with Gasteiger partial charge >= 0.3 is 0 Å². The number of hydrogen-bond donors (Lipinski definition) is 1. The van der Waals surface area contributed by atoms with E-state index < -0.39 is 28.5 Å². The summed E-state index contributed by atoms with van der Waals surface area (Å²) in [5.74, 6) is -0.796. The zero-order valence-corrected chi connectivity index (χ0v) is 26.3. The number of anilines is 1. The summed E-state index contributed by atoms with van der Waals surface area (Å²) >= 11 is 12.8. The maximum atomic E-state index is 14.3. The SMILES string of the molecule is Cc1c(Cl)cccc1N(CC(=O)N(Cc1ccccc1Cl)[C@@H](Cc1ccccc1)C(=O)NC1CCCCC1)S(C)(=O)=O. The number of benzene rings is 3. The molecule has 2 amide bonds. The van der Waals surface area contributed by atoms with Crippen LogP contribution in [0.5, 0.6) is 0 Å². The van der Waals surface area contributed by atoms with Gasteiger partial charge in [-0.1, -0.05) is 97.1 Å². The van der Waals surface area contributed by atoms with Crippen LogP contribution in [0.1, 0.15) is 48.8 Å². The lowest BCUT2D eigenvalue weighted by atomic mass is 9.94. The van der Waals surface area contributed by atoms with E-state index in [2.05, 4.69) is 5.32 Å². The molecule has 1 aliphatic rings. The van der Waals surface area contributed by atoms with Crippen molar-refractivity contribution in [3.63, 3.8) is 0 Å². The Bertz CT molecular complexity index is 1490. The third-order valence-electron chi connectivity index (χ3n) is 7.71. The molecule has 0 aliphatic heterocycles. The molecule has 224 valence electrons. The van der Waals surface area contributed by atoms with Gasteiger partial charge in [0.15, 0.2) is 0 Å². The minimum Gasteiger partial charge on any atom is -0.352 e. The lowest BCUT2D eigenvalue weighted by molar-refractivity contribution is -0.140. The summed E-state index contributed by atoms with van der Waals surface area (Å²) in [5.41, 5.74) is 2.37. The van der Waals surface area contributed by atoms with Crippen LogP contribution in [0.3, 0.4) is 0 Å². The third kappa shape index (κ3) is 8.27. The summed E-state index contributed by atoms with van der Waals surface area (Å²) in [4.78, 5) is 29.7. The van der Waals surface area contributed by atoms with Crippen molar-refractivity contribution in [2.75, 3.05) is 17.1 Å². The van der Waals surface area contributed by atoms with Crippen LogP contribution in [-0.2, 0) is 32.6 Å². The fourth-order valence-corrected chi connectivity index (χ4v) is 6.63. The summed E-state index contributed by atoms with van der Waals surface area (Å²) < 4.78 is 27.1. The topological polar surface area (TPSA) is 86.8 Å². The van der Waals surface area contributed by atoms with Crippen molar-refractivity contribution < 1.29 is 18.0 Å². The van der Waals surface area contributed by atoms with Gasteiger partial charge in [-0.05, 0) is 54.7 Å². The average Bonchev–Trinajstić information content (AvgIpc) is 2.96. The van der Waals surface area contributed by atoms with E-state index in [-0.39, 0.29) is 24.9 Å². The van der Waals surface area contributed by atoms with Crippen LogP contribution in [0, 0.1) is 6.92 Å². The van der Waals surface area contributed by atoms with Crippen LogP contribution in [0.25, 0.3) is 0 Å². The van der Waals surface area contributed by atoms with Crippen molar-refractivity contribution in [1.82, 2.24) is 10.2 Å². The molecule has 0 aromatic heterocycles. The second-order valence-corrected chi connectivity index (χ2v) is 13.5. The van der Waals surface area contributed by atoms with Gasteiger partial charge in [0.05, 0.1) is 11.9 Å². The lowest BCUT2D eigenvalue weighted by Crippen LogP contribution is -2.55. The van der Waals surface area contributed by atoms with Crippen LogP contribution in [0.2, 0.25) is 10.0 Å². The number of nitrogens with zero attached hydrogens (tertiary/aromatic N) is 2. The van der Waals surface area contributed by atoms with Gasteiger partial charge < -0.3 is 10.2 Å². The Balaban J connectivity index is 1.75. The zero-order valence-electron chi connectivity index (χ0n) is 23.9. The largest absolute Gasteiger partial charge is 0.352 e. The van der Waals surface area contributed by atoms with Crippen molar-refractivity contribution in [1.29, 1.82) is 0 Å². The molecule has 3 aromatic carbocycles. The fourth-order valence-electron chi connectivity index (χ4n) is 5.37. The van der Waals surface area contributed by atoms with Crippen molar-refractivity contribution in [2.24, 2.45) is 0 Å². The molecule has 1 atom stereocenters. The minimum atomic E-state index is -3.89. The van der Waals surface area contributed by atoms with E-state index >= 15 is 0 Å². The van der Waals surface area contributed by atoms with E-state index in [1.807, 2.05) is 36.4 Å². The average molecular weight is 631 g/mol. The number of rotatable bonds is 11. The fraction of sp³-hybridized carbons (Fsp3) is 0.375. The Labute approximate surface area is 258 Å². The molecular weight excluding hydrogens is 593 g/mol.